The van der Waals surface area contributed by atoms with Crippen LogP contribution in [0.25, 0.3) is 11.7 Å². The van der Waals surface area contributed by atoms with Gasteiger partial charge in [0.05, 0.1) is 12.2 Å². The van der Waals surface area contributed by atoms with Gasteiger partial charge in [-0.2, -0.15) is 0 Å². The van der Waals surface area contributed by atoms with E-state index in [1.54, 1.807) is 18.2 Å². The first-order valence-corrected chi connectivity index (χ1v) is 9.89. The number of halogens is 1. The third-order valence-corrected chi connectivity index (χ3v) is 4.68. The highest BCUT2D eigenvalue weighted by Gasteiger charge is 2.04. The molecule has 0 aliphatic carbocycles. The quantitative estimate of drug-likeness (QED) is 0.435. The molecule has 0 unspecified atom stereocenters. The molecule has 4 aromatic rings. The topological polar surface area (TPSA) is 55.6 Å². The highest BCUT2D eigenvalue weighted by molar-refractivity contribution is 6.30. The van der Waals surface area contributed by atoms with Crippen molar-refractivity contribution in [3.05, 3.63) is 107 Å². The molecule has 0 saturated carbocycles. The van der Waals surface area contributed by atoms with Gasteiger partial charge >= 0.3 is 0 Å². The van der Waals surface area contributed by atoms with Crippen molar-refractivity contribution in [1.82, 2.24) is 14.7 Å². The van der Waals surface area contributed by atoms with Gasteiger partial charge in [0.1, 0.15) is 18.0 Å². The number of benzene rings is 2. The molecule has 0 fully saturated rings. The van der Waals surface area contributed by atoms with E-state index in [4.69, 9.17) is 16.3 Å². The van der Waals surface area contributed by atoms with Gasteiger partial charge in [0, 0.05) is 23.5 Å². The Balaban J connectivity index is 1.31. The number of rotatable bonds is 7. The van der Waals surface area contributed by atoms with Crippen LogP contribution in [0.5, 0.6) is 5.75 Å². The largest absolute Gasteiger partial charge is 0.489 e. The Labute approximate surface area is 179 Å². The summed E-state index contributed by atoms with van der Waals surface area (Å²) in [5.74, 6) is 0.561. The molecule has 2 heterocycles. The first-order valence-electron chi connectivity index (χ1n) is 9.51. The molecule has 2 aromatic carbocycles. The fourth-order valence-corrected chi connectivity index (χ4v) is 3.11. The maximum atomic E-state index is 12.2. The standard InChI is InChI=1S/C24H20ClN3O2/c25-20-11-12-28-16-21(27-23(28)14-20)15-26-24(29)10-9-18-7-4-8-22(13-18)30-17-19-5-2-1-3-6-19/h1-14,16H,15,17H2,(H,26,29)/b10-9+. The summed E-state index contributed by atoms with van der Waals surface area (Å²) in [4.78, 5) is 16.6. The number of hydrogen-bond acceptors (Lipinski definition) is 3. The molecule has 0 aliphatic rings. The molecule has 0 spiro atoms. The molecule has 0 bridgehead atoms. The minimum Gasteiger partial charge on any atom is -0.489 e. The molecule has 0 aliphatic heterocycles. The molecule has 0 saturated heterocycles. The number of amides is 1. The Kier molecular flexibility index (Phi) is 6.11. The third-order valence-electron chi connectivity index (χ3n) is 4.45. The van der Waals surface area contributed by atoms with Crippen LogP contribution in [0.2, 0.25) is 5.02 Å². The van der Waals surface area contributed by atoms with Crippen LogP contribution in [0.4, 0.5) is 0 Å². The van der Waals surface area contributed by atoms with Crippen LogP contribution in [0.1, 0.15) is 16.8 Å². The summed E-state index contributed by atoms with van der Waals surface area (Å²) in [6.45, 7) is 0.835. The number of nitrogens with one attached hydrogen (secondary N) is 1. The zero-order valence-electron chi connectivity index (χ0n) is 16.2. The number of nitrogens with zero attached hydrogens (tertiary/aromatic N) is 2. The van der Waals surface area contributed by atoms with Crippen LogP contribution in [0.3, 0.4) is 0 Å². The number of carbonyl (C=O) groups is 1. The van der Waals surface area contributed by atoms with Gasteiger partial charge in [-0.3, -0.25) is 4.79 Å². The second-order valence-corrected chi connectivity index (χ2v) is 7.18. The minimum atomic E-state index is -0.194. The fraction of sp³-hybridized carbons (Fsp3) is 0.0833. The van der Waals surface area contributed by atoms with Gasteiger partial charge in [-0.1, -0.05) is 54.1 Å². The van der Waals surface area contributed by atoms with Gasteiger partial charge in [0.25, 0.3) is 0 Å². The average Bonchev–Trinajstić information content (AvgIpc) is 3.18. The van der Waals surface area contributed by atoms with E-state index in [9.17, 15) is 4.79 Å². The van der Waals surface area contributed by atoms with Gasteiger partial charge in [-0.05, 0) is 41.5 Å². The lowest BCUT2D eigenvalue weighted by Gasteiger charge is -2.07. The normalized spacial score (nSPS) is 11.1. The van der Waals surface area contributed by atoms with Crippen LogP contribution in [-0.4, -0.2) is 15.3 Å². The van der Waals surface area contributed by atoms with Gasteiger partial charge in [-0.15, -0.1) is 0 Å². The Hall–Kier alpha value is -3.57. The summed E-state index contributed by atoms with van der Waals surface area (Å²) >= 11 is 5.98. The zero-order chi connectivity index (χ0) is 20.8. The molecule has 0 atom stereocenters. The molecule has 150 valence electrons. The van der Waals surface area contributed by atoms with E-state index in [2.05, 4.69) is 10.3 Å². The predicted octanol–water partition coefficient (Wildman–Crippen LogP) is 4.90. The highest BCUT2D eigenvalue weighted by atomic mass is 35.5. The average molecular weight is 418 g/mol. The monoisotopic (exact) mass is 417 g/mol. The summed E-state index contributed by atoms with van der Waals surface area (Å²) in [5, 5.41) is 3.47. The van der Waals surface area contributed by atoms with Crippen molar-refractivity contribution in [3.8, 4) is 5.75 Å². The Morgan fingerprint density at radius 2 is 1.97 bits per heavy atom. The summed E-state index contributed by atoms with van der Waals surface area (Å²) in [6, 6.07) is 21.2. The van der Waals surface area contributed by atoms with Crippen LogP contribution in [-0.2, 0) is 17.9 Å². The van der Waals surface area contributed by atoms with Crippen molar-refractivity contribution in [2.45, 2.75) is 13.2 Å². The summed E-state index contributed by atoms with van der Waals surface area (Å²) in [5.41, 5.74) is 3.50. The van der Waals surface area contributed by atoms with Gasteiger partial charge < -0.3 is 14.5 Å². The van der Waals surface area contributed by atoms with Gasteiger partial charge in [0.15, 0.2) is 0 Å². The first-order chi connectivity index (χ1) is 14.7. The zero-order valence-corrected chi connectivity index (χ0v) is 16.9. The van der Waals surface area contributed by atoms with Crippen molar-refractivity contribution < 1.29 is 9.53 Å². The smallest absolute Gasteiger partial charge is 0.244 e. The van der Waals surface area contributed by atoms with Crippen molar-refractivity contribution >= 4 is 29.2 Å². The number of pyridine rings is 1. The Morgan fingerprint density at radius 1 is 1.10 bits per heavy atom. The number of fused-ring (bicyclic) bond motifs is 1. The molecule has 5 nitrogen and oxygen atoms in total. The maximum absolute atomic E-state index is 12.2. The van der Waals surface area contributed by atoms with Crippen LogP contribution in [0, 0.1) is 0 Å². The van der Waals surface area contributed by atoms with Crippen LogP contribution >= 0.6 is 11.6 Å². The summed E-state index contributed by atoms with van der Waals surface area (Å²) in [7, 11) is 0. The summed E-state index contributed by atoms with van der Waals surface area (Å²) < 4.78 is 7.69. The molecule has 1 N–H and O–H groups in total. The number of imidazole rings is 1. The van der Waals surface area contributed by atoms with Crippen molar-refractivity contribution in [3.63, 3.8) is 0 Å². The van der Waals surface area contributed by atoms with E-state index in [-0.39, 0.29) is 5.91 Å². The second kappa shape index (κ2) is 9.29. The van der Waals surface area contributed by atoms with E-state index in [1.807, 2.05) is 71.4 Å². The number of hydrogen-bond donors (Lipinski definition) is 1. The Morgan fingerprint density at radius 3 is 2.83 bits per heavy atom. The van der Waals surface area contributed by atoms with Crippen LogP contribution in [0.15, 0.2) is 85.2 Å². The Bertz CT molecular complexity index is 1190. The lowest BCUT2D eigenvalue weighted by atomic mass is 10.2. The van der Waals surface area contributed by atoms with E-state index in [0.29, 0.717) is 18.2 Å². The van der Waals surface area contributed by atoms with Crippen molar-refractivity contribution in [2.24, 2.45) is 0 Å². The first kappa shape index (κ1) is 19.7. The fourth-order valence-electron chi connectivity index (χ4n) is 2.95. The van der Waals surface area contributed by atoms with Gasteiger partial charge in [0.2, 0.25) is 5.91 Å². The molecule has 4 rings (SSSR count). The number of aromatic nitrogens is 2. The second-order valence-electron chi connectivity index (χ2n) is 6.74. The molecule has 0 radical (unpaired) electrons. The molecule has 6 heteroatoms. The predicted molar refractivity (Wildman–Crippen MR) is 118 cm³/mol. The van der Waals surface area contributed by atoms with E-state index in [0.717, 1.165) is 28.2 Å². The highest BCUT2D eigenvalue weighted by Crippen LogP contribution is 2.16. The van der Waals surface area contributed by atoms with Gasteiger partial charge in [-0.25, -0.2) is 4.98 Å². The van der Waals surface area contributed by atoms with Crippen LogP contribution < -0.4 is 10.1 Å². The molecule has 2 aromatic heterocycles. The maximum Gasteiger partial charge on any atom is 0.244 e. The van der Waals surface area contributed by atoms with Crippen molar-refractivity contribution in [1.29, 1.82) is 0 Å². The third kappa shape index (κ3) is 5.27. The van der Waals surface area contributed by atoms with Crippen molar-refractivity contribution in [2.75, 3.05) is 0 Å². The molecule has 1 amide bonds. The van der Waals surface area contributed by atoms with E-state index >= 15 is 0 Å². The lowest BCUT2D eigenvalue weighted by molar-refractivity contribution is -0.116. The molecular formula is C24H20ClN3O2. The molecule has 30 heavy (non-hydrogen) atoms. The minimum absolute atomic E-state index is 0.194. The SMILES string of the molecule is O=C(/C=C/c1cccc(OCc2ccccc2)c1)NCc1cn2ccc(Cl)cc2n1. The summed E-state index contributed by atoms with van der Waals surface area (Å²) in [6.07, 6.45) is 6.96. The molecular weight excluding hydrogens is 398 g/mol. The lowest BCUT2D eigenvalue weighted by Crippen LogP contribution is -2.20. The van der Waals surface area contributed by atoms with E-state index in [1.165, 1.54) is 6.08 Å². The number of ether oxygens (including phenoxy) is 1. The van der Waals surface area contributed by atoms with E-state index < -0.39 is 0 Å². The number of carbonyl (C=O) groups excluding carboxylic acids is 1.